The molecule has 0 spiro atoms. The molecule has 4 heteroatoms. The number of hydrogen-bond donors (Lipinski definition) is 0. The van der Waals surface area contributed by atoms with Gasteiger partial charge >= 0.3 is 5.97 Å². The van der Waals surface area contributed by atoms with E-state index in [0.717, 1.165) is 12.8 Å². The van der Waals surface area contributed by atoms with Crippen molar-refractivity contribution in [1.29, 1.82) is 0 Å². The van der Waals surface area contributed by atoms with Crippen LogP contribution in [0.1, 0.15) is 39.0 Å². The lowest BCUT2D eigenvalue weighted by Gasteiger charge is -2.38. The fourth-order valence-electron chi connectivity index (χ4n) is 1.59. The van der Waals surface area contributed by atoms with E-state index in [2.05, 4.69) is 6.92 Å². The molecule has 0 bridgehead atoms. The van der Waals surface area contributed by atoms with Crippen LogP contribution in [0.25, 0.3) is 0 Å². The van der Waals surface area contributed by atoms with Crippen LogP contribution in [0, 0.1) is 5.41 Å². The highest BCUT2D eigenvalue weighted by Gasteiger charge is 2.39. The normalized spacial score (nSPS) is 17.9. The third kappa shape index (κ3) is 4.30. The zero-order valence-electron chi connectivity index (χ0n) is 9.97. The zero-order valence-corrected chi connectivity index (χ0v) is 10.7. The highest BCUT2D eigenvalue weighted by molar-refractivity contribution is 6.18. The Labute approximate surface area is 102 Å². The second-order valence-corrected chi connectivity index (χ2v) is 4.87. The van der Waals surface area contributed by atoms with Gasteiger partial charge in [0.05, 0.1) is 18.6 Å². The molecular weight excluding hydrogens is 228 g/mol. The van der Waals surface area contributed by atoms with Gasteiger partial charge in [0.1, 0.15) is 6.61 Å². The molecule has 1 saturated heterocycles. The fraction of sp³-hybridized carbons (Fsp3) is 0.917. The first-order chi connectivity index (χ1) is 7.72. The Kier molecular flexibility index (Phi) is 6.14. The summed E-state index contributed by atoms with van der Waals surface area (Å²) in [4.78, 5) is 11.4. The molecule has 0 N–H and O–H groups in total. The van der Waals surface area contributed by atoms with E-state index in [9.17, 15) is 4.79 Å². The molecule has 0 atom stereocenters. The second-order valence-electron chi connectivity index (χ2n) is 4.60. The van der Waals surface area contributed by atoms with Gasteiger partial charge in [0.25, 0.3) is 0 Å². The Balaban J connectivity index is 2.05. The number of esters is 1. The van der Waals surface area contributed by atoms with Gasteiger partial charge in [-0.1, -0.05) is 26.2 Å². The van der Waals surface area contributed by atoms with E-state index in [0.29, 0.717) is 32.1 Å². The minimum absolute atomic E-state index is 0.104. The molecule has 0 aliphatic carbocycles. The maximum absolute atomic E-state index is 11.4. The van der Waals surface area contributed by atoms with Crippen molar-refractivity contribution in [3.8, 4) is 0 Å². The van der Waals surface area contributed by atoms with Crippen molar-refractivity contribution in [3.63, 3.8) is 0 Å². The van der Waals surface area contributed by atoms with Crippen molar-refractivity contribution < 1.29 is 14.3 Å². The maximum atomic E-state index is 11.4. The Morgan fingerprint density at radius 3 is 2.62 bits per heavy atom. The molecular formula is C12H21ClO3. The minimum atomic E-state index is -0.110. The molecule has 1 rings (SSSR count). The lowest BCUT2D eigenvalue weighted by atomic mass is 9.90. The van der Waals surface area contributed by atoms with Crippen LogP contribution >= 0.6 is 11.6 Å². The van der Waals surface area contributed by atoms with Gasteiger partial charge < -0.3 is 9.47 Å². The van der Waals surface area contributed by atoms with Gasteiger partial charge in [0, 0.05) is 12.3 Å². The number of carbonyl (C=O) groups is 1. The van der Waals surface area contributed by atoms with Gasteiger partial charge in [0.15, 0.2) is 0 Å². The van der Waals surface area contributed by atoms with Crippen LogP contribution in [0.2, 0.25) is 0 Å². The van der Waals surface area contributed by atoms with Crippen molar-refractivity contribution in [1.82, 2.24) is 0 Å². The molecule has 0 aromatic heterocycles. The highest BCUT2D eigenvalue weighted by Crippen LogP contribution is 2.29. The largest absolute Gasteiger partial charge is 0.465 e. The topological polar surface area (TPSA) is 35.5 Å². The monoisotopic (exact) mass is 248 g/mol. The quantitative estimate of drug-likeness (QED) is 0.376. The third-order valence-corrected chi connectivity index (χ3v) is 3.44. The average Bonchev–Trinajstić information content (AvgIpc) is 2.24. The van der Waals surface area contributed by atoms with Gasteiger partial charge in [-0.2, -0.15) is 0 Å². The summed E-state index contributed by atoms with van der Waals surface area (Å²) in [5.74, 6) is 0.392. The van der Waals surface area contributed by atoms with Gasteiger partial charge in [-0.15, -0.1) is 11.6 Å². The highest BCUT2D eigenvalue weighted by atomic mass is 35.5. The molecule has 1 aliphatic rings. The van der Waals surface area contributed by atoms with E-state index in [1.807, 2.05) is 0 Å². The molecule has 3 nitrogen and oxygen atoms in total. The molecule has 0 aromatic rings. The number of hydrogen-bond acceptors (Lipinski definition) is 3. The Morgan fingerprint density at radius 1 is 1.38 bits per heavy atom. The van der Waals surface area contributed by atoms with Gasteiger partial charge in [-0.05, 0) is 6.42 Å². The van der Waals surface area contributed by atoms with Crippen LogP contribution in [0.5, 0.6) is 0 Å². The van der Waals surface area contributed by atoms with E-state index in [4.69, 9.17) is 21.1 Å². The molecule has 16 heavy (non-hydrogen) atoms. The van der Waals surface area contributed by atoms with Crippen LogP contribution in [-0.2, 0) is 14.3 Å². The molecule has 0 aromatic carbocycles. The van der Waals surface area contributed by atoms with Crippen LogP contribution in [0.3, 0.4) is 0 Å². The van der Waals surface area contributed by atoms with E-state index >= 15 is 0 Å². The lowest BCUT2D eigenvalue weighted by Crippen LogP contribution is -2.48. The van der Waals surface area contributed by atoms with E-state index in [-0.39, 0.29) is 11.4 Å². The predicted molar refractivity (Wildman–Crippen MR) is 63.7 cm³/mol. The summed E-state index contributed by atoms with van der Waals surface area (Å²) in [5.41, 5.74) is -0.110. The van der Waals surface area contributed by atoms with Crippen LogP contribution in [-0.4, -0.2) is 31.7 Å². The summed E-state index contributed by atoms with van der Waals surface area (Å²) in [5, 5.41) is 0. The van der Waals surface area contributed by atoms with Gasteiger partial charge in [0.2, 0.25) is 0 Å². The summed E-state index contributed by atoms with van der Waals surface area (Å²) in [7, 11) is 0. The maximum Gasteiger partial charge on any atom is 0.305 e. The van der Waals surface area contributed by atoms with Crippen molar-refractivity contribution >= 4 is 17.6 Å². The van der Waals surface area contributed by atoms with Crippen molar-refractivity contribution in [2.75, 3.05) is 25.7 Å². The molecule has 1 fully saturated rings. The smallest absolute Gasteiger partial charge is 0.305 e. The number of rotatable bonds is 8. The molecule has 0 unspecified atom stereocenters. The SMILES string of the molecule is CCCCCCC(=O)OCC1(CCl)COC1. The number of unbranched alkanes of at least 4 members (excludes halogenated alkanes) is 3. The van der Waals surface area contributed by atoms with Gasteiger partial charge in [-0.25, -0.2) is 0 Å². The van der Waals surface area contributed by atoms with Crippen molar-refractivity contribution in [3.05, 3.63) is 0 Å². The molecule has 1 aliphatic heterocycles. The van der Waals surface area contributed by atoms with Gasteiger partial charge in [-0.3, -0.25) is 4.79 Å². The summed E-state index contributed by atoms with van der Waals surface area (Å²) in [6.45, 7) is 3.78. The number of carbonyl (C=O) groups excluding carboxylic acids is 1. The average molecular weight is 249 g/mol. The predicted octanol–water partition coefficient (Wildman–Crippen LogP) is 2.76. The number of ether oxygens (including phenoxy) is 2. The summed E-state index contributed by atoms with van der Waals surface area (Å²) >= 11 is 5.82. The summed E-state index contributed by atoms with van der Waals surface area (Å²) in [6.07, 6.45) is 4.93. The Bertz CT molecular complexity index is 209. The first-order valence-electron chi connectivity index (χ1n) is 6.02. The number of alkyl halides is 1. The Hall–Kier alpha value is -0.280. The summed E-state index contributed by atoms with van der Waals surface area (Å²) in [6, 6.07) is 0. The van der Waals surface area contributed by atoms with Crippen LogP contribution < -0.4 is 0 Å². The van der Waals surface area contributed by atoms with E-state index < -0.39 is 0 Å². The molecule has 0 radical (unpaired) electrons. The third-order valence-electron chi connectivity index (χ3n) is 2.87. The molecule has 1 heterocycles. The Morgan fingerprint density at radius 2 is 2.12 bits per heavy atom. The second kappa shape index (κ2) is 7.13. The lowest BCUT2D eigenvalue weighted by molar-refractivity contribution is -0.164. The van der Waals surface area contributed by atoms with E-state index in [1.54, 1.807) is 0 Å². The summed E-state index contributed by atoms with van der Waals surface area (Å²) < 4.78 is 10.3. The molecule has 94 valence electrons. The molecule has 0 saturated carbocycles. The zero-order chi connectivity index (χ0) is 11.9. The van der Waals surface area contributed by atoms with Crippen LogP contribution in [0.15, 0.2) is 0 Å². The molecule has 0 amide bonds. The van der Waals surface area contributed by atoms with Crippen LogP contribution in [0.4, 0.5) is 0 Å². The first kappa shape index (κ1) is 13.8. The van der Waals surface area contributed by atoms with Crippen molar-refractivity contribution in [2.24, 2.45) is 5.41 Å². The van der Waals surface area contributed by atoms with Crippen molar-refractivity contribution in [2.45, 2.75) is 39.0 Å². The van der Waals surface area contributed by atoms with E-state index in [1.165, 1.54) is 12.8 Å². The standard InChI is InChI=1S/C12H21ClO3/c1-2-3-4-5-6-11(14)16-10-12(7-13)8-15-9-12/h2-10H2,1H3. The fourth-order valence-corrected chi connectivity index (χ4v) is 1.82. The minimum Gasteiger partial charge on any atom is -0.465 e. The first-order valence-corrected chi connectivity index (χ1v) is 6.55. The number of halogens is 1.